The van der Waals surface area contributed by atoms with Crippen LogP contribution in [0.25, 0.3) is 0 Å². The maximum atomic E-state index is 13.0. The number of quaternary nitrogens is 1. The number of aliphatic carboxylic acids is 1. The highest BCUT2D eigenvalue weighted by Crippen LogP contribution is 2.16. The number of allylic oxidation sites excluding steroid dienone is 30. The Labute approximate surface area is 570 Å². The maximum Gasteiger partial charge on any atom is 0.361 e. The Bertz CT molecular complexity index is 2190. The summed E-state index contributed by atoms with van der Waals surface area (Å²) in [4.78, 5) is 37.7. The van der Waals surface area contributed by atoms with Crippen molar-refractivity contribution in [1.82, 2.24) is 0 Å². The van der Waals surface area contributed by atoms with Crippen LogP contribution in [0.3, 0.4) is 0 Å². The van der Waals surface area contributed by atoms with E-state index in [4.69, 9.17) is 18.9 Å². The van der Waals surface area contributed by atoms with Gasteiger partial charge in [0.1, 0.15) is 13.2 Å². The quantitative estimate of drug-likeness (QED) is 0.0211. The molecule has 0 heterocycles. The Balaban J connectivity index is 4.18. The van der Waals surface area contributed by atoms with Crippen molar-refractivity contribution in [2.75, 3.05) is 47.5 Å². The average Bonchev–Trinajstić information content (AvgIpc) is 3.74. The van der Waals surface area contributed by atoms with E-state index in [1.165, 1.54) is 89.9 Å². The van der Waals surface area contributed by atoms with Gasteiger partial charge in [-0.25, -0.2) is 4.79 Å². The van der Waals surface area contributed by atoms with Crippen molar-refractivity contribution in [2.45, 2.75) is 283 Å². The second-order valence-corrected chi connectivity index (χ2v) is 25.1. The van der Waals surface area contributed by atoms with Crippen LogP contribution in [0.5, 0.6) is 0 Å². The molecule has 0 aliphatic carbocycles. The highest BCUT2D eigenvalue weighted by atomic mass is 16.7. The molecule has 0 aliphatic rings. The lowest BCUT2D eigenvalue weighted by molar-refractivity contribution is -0.870. The number of unbranched alkanes of at least 4 members (excludes halogenated alkanes) is 21. The molecule has 0 amide bonds. The summed E-state index contributed by atoms with van der Waals surface area (Å²) < 4.78 is 23.0. The van der Waals surface area contributed by atoms with Crippen LogP contribution in [0.2, 0.25) is 0 Å². The maximum absolute atomic E-state index is 13.0. The van der Waals surface area contributed by atoms with Crippen molar-refractivity contribution in [3.05, 3.63) is 182 Å². The standard InChI is InChI=1S/C84H135NO8/c1-6-8-10-12-14-16-18-20-22-24-26-28-30-32-34-36-38-40-41-43-44-46-48-50-52-54-56-58-60-62-64-66-68-70-72-74-81(86)91-78-80(79-92-84(83(88)89)90-77-76-85(3,4)5)93-82(87)75-73-71-69-67-65-63-61-59-57-55-53-51-49-47-45-42-39-37-35-33-31-29-27-25-23-21-19-17-15-13-11-9-7-2/h8-11,14-17,20-23,26-29,32-35,38-40,42,47,49,53,55,59,61,80,84H,6-7,12-13,18-19,24-25,30-31,36-37,41,43-46,48,50-52,54,56-58,60,62-79H2,1-5H3/p+1/b10-8-,11-9-,16-14-,17-15-,22-20-,23-21-,28-26-,29-27-,34-32-,35-33-,40-38-,42-39-,49-47-,55-53-,61-59-. The van der Waals surface area contributed by atoms with E-state index >= 15 is 0 Å². The van der Waals surface area contributed by atoms with E-state index in [0.717, 1.165) is 148 Å². The van der Waals surface area contributed by atoms with Crippen LogP contribution < -0.4 is 0 Å². The molecule has 0 spiro atoms. The van der Waals surface area contributed by atoms with Gasteiger partial charge in [0.05, 0.1) is 34.4 Å². The number of likely N-dealkylation sites (N-methyl/N-ethyl adjacent to an activating group) is 1. The Morgan fingerprint density at radius 2 is 0.581 bits per heavy atom. The summed E-state index contributed by atoms with van der Waals surface area (Å²) in [5.74, 6) is -2.04. The number of carboxylic acid groups (broad SMARTS) is 1. The molecule has 2 unspecified atom stereocenters. The van der Waals surface area contributed by atoms with Gasteiger partial charge in [-0.05, 0) is 135 Å². The molecule has 0 saturated carbocycles. The summed E-state index contributed by atoms with van der Waals surface area (Å²) in [6.07, 6.45) is 107. The predicted molar refractivity (Wildman–Crippen MR) is 400 cm³/mol. The number of hydrogen-bond donors (Lipinski definition) is 1. The molecule has 2 atom stereocenters. The molecule has 0 aromatic heterocycles. The molecule has 0 saturated heterocycles. The van der Waals surface area contributed by atoms with Gasteiger partial charge in [-0.15, -0.1) is 0 Å². The van der Waals surface area contributed by atoms with E-state index in [-0.39, 0.29) is 38.6 Å². The van der Waals surface area contributed by atoms with Crippen molar-refractivity contribution >= 4 is 17.9 Å². The summed E-state index contributed by atoms with van der Waals surface area (Å²) >= 11 is 0. The Kier molecular flexibility index (Phi) is 67.9. The number of carboxylic acids is 1. The van der Waals surface area contributed by atoms with Crippen LogP contribution >= 0.6 is 0 Å². The molecule has 9 nitrogen and oxygen atoms in total. The monoisotopic (exact) mass is 1290 g/mol. The Morgan fingerprint density at radius 3 is 0.860 bits per heavy atom. The molecule has 0 radical (unpaired) electrons. The lowest BCUT2D eigenvalue weighted by Gasteiger charge is -2.25. The molecular weight excluding hydrogens is 1150 g/mol. The van der Waals surface area contributed by atoms with Crippen LogP contribution in [-0.4, -0.2) is 87.4 Å². The van der Waals surface area contributed by atoms with E-state index in [1.807, 2.05) is 21.1 Å². The van der Waals surface area contributed by atoms with Gasteiger partial charge >= 0.3 is 17.9 Å². The van der Waals surface area contributed by atoms with Crippen molar-refractivity contribution in [1.29, 1.82) is 0 Å². The number of carbonyl (C=O) groups is 3. The molecule has 0 rings (SSSR count). The topological polar surface area (TPSA) is 108 Å². The highest BCUT2D eigenvalue weighted by molar-refractivity contribution is 5.71. The number of carbonyl (C=O) groups excluding carboxylic acids is 2. The van der Waals surface area contributed by atoms with Crippen molar-refractivity contribution in [2.24, 2.45) is 0 Å². The lowest BCUT2D eigenvalue weighted by atomic mass is 10.0. The molecule has 0 bridgehead atoms. The third-order valence-electron chi connectivity index (χ3n) is 15.2. The molecule has 93 heavy (non-hydrogen) atoms. The zero-order valence-corrected chi connectivity index (χ0v) is 59.8. The average molecular weight is 1290 g/mol. The fraction of sp³-hybridized carbons (Fsp3) is 0.607. The van der Waals surface area contributed by atoms with Gasteiger partial charge in [0.2, 0.25) is 0 Å². The van der Waals surface area contributed by atoms with Crippen molar-refractivity contribution in [3.63, 3.8) is 0 Å². The summed E-state index contributed by atoms with van der Waals surface area (Å²) in [5.41, 5.74) is 0. The van der Waals surface area contributed by atoms with Crippen molar-refractivity contribution < 1.29 is 42.9 Å². The van der Waals surface area contributed by atoms with E-state index in [9.17, 15) is 19.5 Å². The smallest absolute Gasteiger partial charge is 0.361 e. The molecule has 0 fully saturated rings. The van der Waals surface area contributed by atoms with Gasteiger partial charge in [0.25, 0.3) is 6.29 Å². The third kappa shape index (κ3) is 73.7. The van der Waals surface area contributed by atoms with E-state index in [2.05, 4.69) is 196 Å². The number of esters is 2. The fourth-order valence-electron chi connectivity index (χ4n) is 9.60. The van der Waals surface area contributed by atoms with Gasteiger partial charge in [0.15, 0.2) is 6.10 Å². The first kappa shape index (κ1) is 87.4. The predicted octanol–water partition coefficient (Wildman–Crippen LogP) is 23.6. The minimum atomic E-state index is -1.53. The largest absolute Gasteiger partial charge is 0.477 e. The normalized spacial score (nSPS) is 13.8. The first-order valence-corrected chi connectivity index (χ1v) is 36.9. The Hall–Kier alpha value is -5.61. The van der Waals surface area contributed by atoms with Crippen LogP contribution in [0.1, 0.15) is 271 Å². The fourth-order valence-corrected chi connectivity index (χ4v) is 9.60. The summed E-state index contributed by atoms with van der Waals surface area (Å²) in [6, 6.07) is 0. The van der Waals surface area contributed by atoms with Gasteiger partial charge in [-0.2, -0.15) is 0 Å². The zero-order chi connectivity index (χ0) is 67.5. The number of nitrogens with zero attached hydrogens (tertiary/aromatic N) is 1. The molecule has 524 valence electrons. The highest BCUT2D eigenvalue weighted by Gasteiger charge is 2.25. The molecule has 0 aliphatic heterocycles. The van der Waals surface area contributed by atoms with Gasteiger partial charge in [-0.3, -0.25) is 9.59 Å². The van der Waals surface area contributed by atoms with Crippen molar-refractivity contribution in [3.8, 4) is 0 Å². The van der Waals surface area contributed by atoms with E-state index in [0.29, 0.717) is 17.4 Å². The summed E-state index contributed by atoms with van der Waals surface area (Å²) in [5, 5.41) is 9.76. The molecule has 0 aromatic carbocycles. The second-order valence-electron chi connectivity index (χ2n) is 25.1. The molecule has 0 aromatic rings. The summed E-state index contributed by atoms with van der Waals surface area (Å²) in [7, 11) is 5.96. The SMILES string of the molecule is CC/C=C\C/C=C\C/C=C\C/C=C\C/C=C\C/C=C\C/C=C\C/C=C\C/C=C\CCCCCCCC(=O)OC(COC(=O)CCCCCCCCCCCCCCCCCC/C=C\C/C=C\C/C=C\C/C=C\C/C=C\C/C=C\CC)COC(OCC[N+](C)(C)C)C(=O)O. The number of ether oxygens (including phenoxy) is 4. The first-order chi connectivity index (χ1) is 45.6. The van der Waals surface area contributed by atoms with Gasteiger partial charge in [-0.1, -0.05) is 305 Å². The van der Waals surface area contributed by atoms with E-state index < -0.39 is 24.3 Å². The van der Waals surface area contributed by atoms with Crippen LogP contribution in [0.4, 0.5) is 0 Å². The lowest BCUT2D eigenvalue weighted by Crippen LogP contribution is -2.40. The second kappa shape index (κ2) is 72.2. The van der Waals surface area contributed by atoms with Gasteiger partial charge in [0, 0.05) is 12.8 Å². The third-order valence-corrected chi connectivity index (χ3v) is 15.2. The zero-order valence-electron chi connectivity index (χ0n) is 59.8. The number of rotatable bonds is 66. The van der Waals surface area contributed by atoms with Crippen LogP contribution in [0.15, 0.2) is 182 Å². The van der Waals surface area contributed by atoms with Crippen LogP contribution in [-0.2, 0) is 33.3 Å². The molecular formula is C84H136NO8+. The first-order valence-electron chi connectivity index (χ1n) is 36.9. The Morgan fingerprint density at radius 1 is 0.323 bits per heavy atom. The van der Waals surface area contributed by atoms with E-state index in [1.54, 1.807) is 0 Å². The molecule has 9 heteroatoms. The van der Waals surface area contributed by atoms with Gasteiger partial charge < -0.3 is 28.5 Å². The summed E-state index contributed by atoms with van der Waals surface area (Å²) in [6.45, 7) is 4.62. The molecule has 1 N–H and O–H groups in total. The number of hydrogen-bond acceptors (Lipinski definition) is 7. The minimum Gasteiger partial charge on any atom is -0.477 e. The minimum absolute atomic E-state index is 0.175. The van der Waals surface area contributed by atoms with Crippen LogP contribution in [0, 0.1) is 0 Å².